The minimum absolute atomic E-state index is 0.125. The zero-order valence-electron chi connectivity index (χ0n) is 10.2. The zero-order valence-corrected chi connectivity index (χ0v) is 10.2. The van der Waals surface area contributed by atoms with Gasteiger partial charge in [-0.3, -0.25) is 4.79 Å². The second-order valence-electron chi connectivity index (χ2n) is 4.36. The molecule has 0 heterocycles. The van der Waals surface area contributed by atoms with E-state index < -0.39 is 17.7 Å². The van der Waals surface area contributed by atoms with Gasteiger partial charge in [0.2, 0.25) is 0 Å². The molecular formula is C13H16F2O2. The summed E-state index contributed by atoms with van der Waals surface area (Å²) in [6, 6.07) is 3.10. The van der Waals surface area contributed by atoms with Gasteiger partial charge in [-0.05, 0) is 31.0 Å². The Balaban J connectivity index is 2.71. The Morgan fingerprint density at radius 1 is 1.24 bits per heavy atom. The first-order valence-corrected chi connectivity index (χ1v) is 5.52. The molecule has 4 heteroatoms. The van der Waals surface area contributed by atoms with Gasteiger partial charge in [-0.25, -0.2) is 8.78 Å². The molecule has 0 aliphatic rings. The average Bonchev–Trinajstić information content (AvgIpc) is 2.28. The highest BCUT2D eigenvalue weighted by Crippen LogP contribution is 2.12. The van der Waals surface area contributed by atoms with Crippen LogP contribution in [0.1, 0.15) is 31.1 Å². The zero-order chi connectivity index (χ0) is 13.0. The monoisotopic (exact) mass is 242 g/mol. The summed E-state index contributed by atoms with van der Waals surface area (Å²) in [4.78, 5) is 11.8. The third kappa shape index (κ3) is 3.89. The van der Waals surface area contributed by atoms with Crippen molar-refractivity contribution >= 4 is 5.78 Å². The van der Waals surface area contributed by atoms with Gasteiger partial charge < -0.3 is 4.74 Å². The molecule has 94 valence electrons. The summed E-state index contributed by atoms with van der Waals surface area (Å²) >= 11 is 0. The summed E-state index contributed by atoms with van der Waals surface area (Å²) in [5, 5.41) is 0. The molecular weight excluding hydrogens is 226 g/mol. The van der Waals surface area contributed by atoms with Crippen LogP contribution >= 0.6 is 0 Å². The number of rotatable bonds is 5. The lowest BCUT2D eigenvalue weighted by molar-refractivity contribution is 0.0385. The van der Waals surface area contributed by atoms with E-state index in [1.807, 2.05) is 13.8 Å². The first-order chi connectivity index (χ1) is 7.91. The van der Waals surface area contributed by atoms with Crippen LogP contribution in [-0.4, -0.2) is 18.5 Å². The topological polar surface area (TPSA) is 26.3 Å². The van der Waals surface area contributed by atoms with Gasteiger partial charge >= 0.3 is 0 Å². The number of benzene rings is 1. The Morgan fingerprint density at radius 3 is 2.41 bits per heavy atom. The van der Waals surface area contributed by atoms with E-state index in [2.05, 4.69) is 0 Å². The Hall–Kier alpha value is -1.29. The molecule has 0 saturated carbocycles. The lowest BCUT2D eigenvalue weighted by Gasteiger charge is -2.13. The van der Waals surface area contributed by atoms with Gasteiger partial charge in [0.25, 0.3) is 0 Å². The van der Waals surface area contributed by atoms with Gasteiger partial charge in [0.05, 0.1) is 0 Å². The van der Waals surface area contributed by atoms with Crippen molar-refractivity contribution in [2.75, 3.05) is 6.61 Å². The van der Waals surface area contributed by atoms with Crippen molar-refractivity contribution in [3.05, 3.63) is 35.4 Å². The third-order valence-corrected chi connectivity index (χ3v) is 2.25. The van der Waals surface area contributed by atoms with E-state index in [1.165, 1.54) is 6.07 Å². The van der Waals surface area contributed by atoms with Crippen LogP contribution in [0, 0.1) is 17.6 Å². The standard InChI is InChI=1S/C13H16F2O2/c1-8(2)7-17-9(3)13(16)10-4-5-11(14)12(15)6-10/h4-6,8-9H,7H2,1-3H3. The molecule has 1 rings (SSSR count). The second-order valence-corrected chi connectivity index (χ2v) is 4.36. The van der Waals surface area contributed by atoms with E-state index in [0.29, 0.717) is 12.5 Å². The number of carbonyl (C=O) groups excluding carboxylic acids is 1. The van der Waals surface area contributed by atoms with Crippen molar-refractivity contribution in [2.45, 2.75) is 26.9 Å². The van der Waals surface area contributed by atoms with Crippen LogP contribution in [0.4, 0.5) is 8.78 Å². The van der Waals surface area contributed by atoms with Crippen molar-refractivity contribution < 1.29 is 18.3 Å². The van der Waals surface area contributed by atoms with Crippen molar-refractivity contribution in [1.29, 1.82) is 0 Å². The largest absolute Gasteiger partial charge is 0.370 e. The van der Waals surface area contributed by atoms with Crippen molar-refractivity contribution in [2.24, 2.45) is 5.92 Å². The minimum Gasteiger partial charge on any atom is -0.370 e. The summed E-state index contributed by atoms with van der Waals surface area (Å²) in [5.41, 5.74) is 0.125. The van der Waals surface area contributed by atoms with Gasteiger partial charge in [-0.15, -0.1) is 0 Å². The summed E-state index contributed by atoms with van der Waals surface area (Å²) in [7, 11) is 0. The third-order valence-electron chi connectivity index (χ3n) is 2.25. The number of carbonyl (C=O) groups is 1. The number of hydrogen-bond donors (Lipinski definition) is 0. The average molecular weight is 242 g/mol. The van der Waals surface area contributed by atoms with Crippen LogP contribution in [0.3, 0.4) is 0 Å². The van der Waals surface area contributed by atoms with Crippen molar-refractivity contribution in [1.82, 2.24) is 0 Å². The van der Waals surface area contributed by atoms with E-state index in [4.69, 9.17) is 4.74 Å². The summed E-state index contributed by atoms with van der Waals surface area (Å²) in [5.74, 6) is -2.01. The molecule has 0 aliphatic carbocycles. The highest BCUT2D eigenvalue weighted by Gasteiger charge is 2.17. The SMILES string of the molecule is CC(C)COC(C)C(=O)c1ccc(F)c(F)c1. The summed E-state index contributed by atoms with van der Waals surface area (Å²) < 4.78 is 31.0. The van der Waals surface area contributed by atoms with Crippen LogP contribution in [0.5, 0.6) is 0 Å². The van der Waals surface area contributed by atoms with Crippen LogP contribution in [-0.2, 0) is 4.74 Å². The predicted octanol–water partition coefficient (Wildman–Crippen LogP) is 3.21. The molecule has 1 unspecified atom stereocenters. The molecule has 2 nitrogen and oxygen atoms in total. The molecule has 17 heavy (non-hydrogen) atoms. The van der Waals surface area contributed by atoms with E-state index >= 15 is 0 Å². The molecule has 0 aromatic heterocycles. The maximum absolute atomic E-state index is 12.9. The highest BCUT2D eigenvalue weighted by atomic mass is 19.2. The summed E-state index contributed by atoms with van der Waals surface area (Å²) in [6.45, 7) is 5.99. The number of ketones is 1. The van der Waals surface area contributed by atoms with Gasteiger partial charge in [-0.1, -0.05) is 13.8 Å². The number of halogens is 2. The maximum atomic E-state index is 12.9. The van der Waals surface area contributed by atoms with E-state index in [0.717, 1.165) is 12.1 Å². The molecule has 1 aromatic rings. The van der Waals surface area contributed by atoms with E-state index in [-0.39, 0.29) is 11.3 Å². The lowest BCUT2D eigenvalue weighted by Crippen LogP contribution is -2.23. The maximum Gasteiger partial charge on any atom is 0.191 e. The molecule has 0 fully saturated rings. The molecule has 0 aliphatic heterocycles. The van der Waals surface area contributed by atoms with Gasteiger partial charge in [0.15, 0.2) is 17.4 Å². The van der Waals surface area contributed by atoms with E-state index in [9.17, 15) is 13.6 Å². The van der Waals surface area contributed by atoms with Crippen molar-refractivity contribution in [3.8, 4) is 0 Å². The predicted molar refractivity (Wildman–Crippen MR) is 60.9 cm³/mol. The molecule has 0 N–H and O–H groups in total. The van der Waals surface area contributed by atoms with Crippen LogP contribution in [0.25, 0.3) is 0 Å². The van der Waals surface area contributed by atoms with Gasteiger partial charge in [-0.2, -0.15) is 0 Å². The first-order valence-electron chi connectivity index (χ1n) is 5.52. The van der Waals surface area contributed by atoms with Gasteiger partial charge in [0.1, 0.15) is 6.10 Å². The lowest BCUT2D eigenvalue weighted by atomic mass is 10.1. The Kier molecular flexibility index (Phi) is 4.75. The van der Waals surface area contributed by atoms with E-state index in [1.54, 1.807) is 6.92 Å². The molecule has 1 atom stereocenters. The van der Waals surface area contributed by atoms with Crippen LogP contribution in [0.2, 0.25) is 0 Å². The highest BCUT2D eigenvalue weighted by molar-refractivity contribution is 5.99. The molecule has 0 radical (unpaired) electrons. The first kappa shape index (κ1) is 13.8. The van der Waals surface area contributed by atoms with Gasteiger partial charge in [0, 0.05) is 12.2 Å². The fraction of sp³-hybridized carbons (Fsp3) is 0.462. The smallest absolute Gasteiger partial charge is 0.191 e. The molecule has 0 saturated heterocycles. The van der Waals surface area contributed by atoms with Crippen LogP contribution < -0.4 is 0 Å². The molecule has 1 aromatic carbocycles. The Morgan fingerprint density at radius 2 is 1.88 bits per heavy atom. The fourth-order valence-electron chi connectivity index (χ4n) is 1.30. The Labute approximate surface area is 99.6 Å². The molecule has 0 bridgehead atoms. The Bertz CT molecular complexity index is 402. The fourth-order valence-corrected chi connectivity index (χ4v) is 1.30. The van der Waals surface area contributed by atoms with Crippen LogP contribution in [0.15, 0.2) is 18.2 Å². The quantitative estimate of drug-likeness (QED) is 0.741. The number of hydrogen-bond acceptors (Lipinski definition) is 2. The summed E-state index contributed by atoms with van der Waals surface area (Å²) in [6.07, 6.45) is -0.651. The van der Waals surface area contributed by atoms with Crippen molar-refractivity contribution in [3.63, 3.8) is 0 Å². The normalized spacial score (nSPS) is 12.8. The molecule has 0 amide bonds. The molecule has 0 spiro atoms. The number of Topliss-reactive ketones (excluding diaryl/α,β-unsaturated/α-hetero) is 1. The second kappa shape index (κ2) is 5.87. The number of ether oxygens (including phenoxy) is 1. The minimum atomic E-state index is -1.02.